The average Bonchev–Trinajstić information content (AvgIpc) is 3.41. The number of aliphatic hydroxyl groups is 6. The highest BCUT2D eigenvalue weighted by molar-refractivity contribution is 5.82. The fourth-order valence-corrected chi connectivity index (χ4v) is 7.18. The first-order valence-electron chi connectivity index (χ1n) is 19.8. The van der Waals surface area contributed by atoms with E-state index in [1.807, 2.05) is 26.8 Å². The monoisotopic (exact) mass is 790 g/mol. The molecule has 56 heavy (non-hydrogen) atoms. The maximum atomic E-state index is 13.1. The molecule has 0 aromatic heterocycles. The van der Waals surface area contributed by atoms with Gasteiger partial charge in [0.05, 0.1) is 30.5 Å². The summed E-state index contributed by atoms with van der Waals surface area (Å²) in [4.78, 5) is 13.1. The van der Waals surface area contributed by atoms with Crippen LogP contribution >= 0.6 is 0 Å². The summed E-state index contributed by atoms with van der Waals surface area (Å²) in [6.45, 7) is 11.3. The maximum absolute atomic E-state index is 13.1. The van der Waals surface area contributed by atoms with Gasteiger partial charge in [-0.1, -0.05) is 106 Å². The Balaban J connectivity index is 2.44. The Morgan fingerprint density at radius 1 is 0.857 bits per heavy atom. The Labute approximate surface area is 334 Å². The Hall–Kier alpha value is -2.75. The number of methoxy groups -OCH3 is 3. The minimum Gasteiger partial charge on any atom is -0.452 e. The number of carbonyl (C=O) groups excluding carboxylic acids is 1. The number of esters is 1. The van der Waals surface area contributed by atoms with Crippen LogP contribution in [0.1, 0.15) is 80.1 Å². The zero-order valence-electron chi connectivity index (χ0n) is 34.8. The number of ether oxygens (including phenoxy) is 5. The number of hydrogen-bond acceptors (Lipinski definition) is 12. The summed E-state index contributed by atoms with van der Waals surface area (Å²) in [5.41, 5.74) is 0.374. The van der Waals surface area contributed by atoms with Crippen LogP contribution in [-0.4, -0.2) is 131 Å². The van der Waals surface area contributed by atoms with Crippen LogP contribution in [0.3, 0.4) is 0 Å². The molecule has 2 aliphatic heterocycles. The molecule has 0 radical (unpaired) electrons. The number of rotatable bonds is 9. The van der Waals surface area contributed by atoms with Crippen molar-refractivity contribution in [3.05, 3.63) is 84.1 Å². The molecule has 318 valence electrons. The molecule has 14 atom stereocenters. The third-order valence-electron chi connectivity index (χ3n) is 10.6. The summed E-state index contributed by atoms with van der Waals surface area (Å²) in [5.74, 6) is -1.04. The van der Waals surface area contributed by atoms with Crippen molar-refractivity contribution in [2.24, 2.45) is 11.8 Å². The molecule has 2 rings (SSSR count). The number of aliphatic hydroxyl groups excluding tert-OH is 6. The standard InChI is InChI=1S/C44H70O12/c1-10-15-37-42(54-9)43(51)44(6,56-37)38(48)20-14-19-36-41(53-8)40(50)31(5)27-30(4)23-25-34(47)35(52-7)18-13-16-28(2)26-29(3)22-24-33(46)32(45)17-11-12-21-39(49)55-36/h11-12,14,17,19,21-28,31-38,40-43,45-48,50-51H,10,13,15-16,18,20H2,1-9H3/b17-11+,19-14+,21-12+,24-22+,25-23+,29-26+,30-27+/t28?,31-,32-,33-,34-,35-,36+,37+,38+,40+,41+,42-,43-,44+/m1/s1. The molecular weight excluding hydrogens is 720 g/mol. The zero-order valence-corrected chi connectivity index (χ0v) is 34.8. The van der Waals surface area contributed by atoms with Gasteiger partial charge in [0.1, 0.15) is 42.2 Å². The van der Waals surface area contributed by atoms with E-state index in [0.29, 0.717) is 12.8 Å². The summed E-state index contributed by atoms with van der Waals surface area (Å²) in [5, 5.41) is 65.7. The summed E-state index contributed by atoms with van der Waals surface area (Å²) >= 11 is 0. The van der Waals surface area contributed by atoms with Crippen molar-refractivity contribution in [2.75, 3.05) is 21.3 Å². The lowest BCUT2D eigenvalue weighted by atomic mass is 9.88. The van der Waals surface area contributed by atoms with Crippen molar-refractivity contribution in [3.63, 3.8) is 0 Å². The molecule has 2 aliphatic rings. The van der Waals surface area contributed by atoms with Gasteiger partial charge in [-0.3, -0.25) is 0 Å². The van der Waals surface area contributed by atoms with Crippen LogP contribution in [-0.2, 0) is 28.5 Å². The first-order valence-corrected chi connectivity index (χ1v) is 19.8. The third kappa shape index (κ3) is 15.2. The van der Waals surface area contributed by atoms with Crippen LogP contribution < -0.4 is 0 Å². The molecule has 1 fully saturated rings. The lowest BCUT2D eigenvalue weighted by molar-refractivity contribution is -0.153. The molecule has 1 unspecified atom stereocenters. The summed E-state index contributed by atoms with van der Waals surface area (Å²) < 4.78 is 28.8. The molecule has 0 bridgehead atoms. The second-order valence-corrected chi connectivity index (χ2v) is 15.3. The van der Waals surface area contributed by atoms with Gasteiger partial charge < -0.3 is 54.3 Å². The van der Waals surface area contributed by atoms with E-state index in [9.17, 15) is 35.4 Å². The molecule has 6 N–H and O–H groups in total. The minimum absolute atomic E-state index is 0.00908. The van der Waals surface area contributed by atoms with Crippen molar-refractivity contribution in [1.82, 2.24) is 0 Å². The van der Waals surface area contributed by atoms with Crippen LogP contribution in [0, 0.1) is 11.8 Å². The number of allylic oxidation sites excluding steroid dienone is 7. The molecule has 2 heterocycles. The smallest absolute Gasteiger partial charge is 0.331 e. The van der Waals surface area contributed by atoms with Gasteiger partial charge in [0.15, 0.2) is 0 Å². The van der Waals surface area contributed by atoms with Crippen molar-refractivity contribution < 1.29 is 59.1 Å². The summed E-state index contributed by atoms with van der Waals surface area (Å²) in [6, 6.07) is 0. The first-order chi connectivity index (χ1) is 26.5. The van der Waals surface area contributed by atoms with Gasteiger partial charge in [-0.05, 0) is 58.4 Å². The fourth-order valence-electron chi connectivity index (χ4n) is 7.18. The lowest BCUT2D eigenvalue weighted by Gasteiger charge is -2.33. The van der Waals surface area contributed by atoms with Gasteiger partial charge in [-0.2, -0.15) is 0 Å². The molecular formula is C44H70O12. The van der Waals surface area contributed by atoms with Crippen LogP contribution in [0.5, 0.6) is 0 Å². The third-order valence-corrected chi connectivity index (χ3v) is 10.6. The van der Waals surface area contributed by atoms with E-state index in [1.54, 1.807) is 45.3 Å². The lowest BCUT2D eigenvalue weighted by Crippen LogP contribution is -2.50. The molecule has 0 saturated carbocycles. The van der Waals surface area contributed by atoms with E-state index in [2.05, 4.69) is 13.0 Å². The zero-order chi connectivity index (χ0) is 42.0. The van der Waals surface area contributed by atoms with Crippen LogP contribution in [0.25, 0.3) is 0 Å². The van der Waals surface area contributed by atoms with E-state index in [0.717, 1.165) is 36.5 Å². The molecule has 12 heteroatoms. The van der Waals surface area contributed by atoms with Crippen LogP contribution in [0.4, 0.5) is 0 Å². The normalized spacial score (nSPS) is 41.2. The van der Waals surface area contributed by atoms with Gasteiger partial charge in [-0.15, -0.1) is 0 Å². The molecule has 1 saturated heterocycles. The van der Waals surface area contributed by atoms with E-state index in [1.165, 1.54) is 44.6 Å². The van der Waals surface area contributed by atoms with E-state index in [-0.39, 0.29) is 12.3 Å². The fraction of sp³-hybridized carbons (Fsp3) is 0.659. The molecule has 0 aromatic rings. The second-order valence-electron chi connectivity index (χ2n) is 15.3. The Morgan fingerprint density at radius 2 is 1.48 bits per heavy atom. The highest BCUT2D eigenvalue weighted by Crippen LogP contribution is 2.38. The number of carbonyl (C=O) groups is 1. The Bertz CT molecular complexity index is 1380. The van der Waals surface area contributed by atoms with E-state index in [4.69, 9.17) is 23.7 Å². The second kappa shape index (κ2) is 24.9. The van der Waals surface area contributed by atoms with Crippen molar-refractivity contribution >= 4 is 5.97 Å². The first kappa shape index (κ1) is 49.4. The van der Waals surface area contributed by atoms with Gasteiger partial charge in [0.25, 0.3) is 0 Å². The van der Waals surface area contributed by atoms with Gasteiger partial charge in [0.2, 0.25) is 0 Å². The molecule has 0 aliphatic carbocycles. The van der Waals surface area contributed by atoms with E-state index >= 15 is 0 Å². The van der Waals surface area contributed by atoms with Crippen LogP contribution in [0.15, 0.2) is 84.1 Å². The van der Waals surface area contributed by atoms with Crippen LogP contribution in [0.2, 0.25) is 0 Å². The average molecular weight is 791 g/mol. The summed E-state index contributed by atoms with van der Waals surface area (Å²) in [6.07, 6.45) is 12.4. The predicted octanol–water partition coefficient (Wildman–Crippen LogP) is 4.59. The molecule has 0 aromatic carbocycles. The predicted molar refractivity (Wildman–Crippen MR) is 217 cm³/mol. The highest BCUT2D eigenvalue weighted by atomic mass is 16.6. The Morgan fingerprint density at radius 3 is 2.11 bits per heavy atom. The van der Waals surface area contributed by atoms with Crippen molar-refractivity contribution in [1.29, 1.82) is 0 Å². The number of cyclic esters (lactones) is 1. The largest absolute Gasteiger partial charge is 0.452 e. The van der Waals surface area contributed by atoms with Crippen molar-refractivity contribution in [2.45, 2.75) is 153 Å². The highest BCUT2D eigenvalue weighted by Gasteiger charge is 2.55. The van der Waals surface area contributed by atoms with E-state index < -0.39 is 84.6 Å². The maximum Gasteiger partial charge on any atom is 0.331 e. The van der Waals surface area contributed by atoms with Gasteiger partial charge >= 0.3 is 5.97 Å². The number of hydrogen-bond donors (Lipinski definition) is 6. The van der Waals surface area contributed by atoms with Crippen molar-refractivity contribution in [3.8, 4) is 0 Å². The van der Waals surface area contributed by atoms with Gasteiger partial charge in [0, 0.05) is 33.3 Å². The SMILES string of the molecule is CCC[C@@H]1O[C@@](C)([C@@H](O)C/C=C/[C@@H]2OC(=O)/C=C/C=C/[C@@H](O)[C@H](O)/C=C/C(C)=C/C(C)CCC[C@@H](OC)[C@H](O)/C=C/C(C)=C/[C@@H](C)[C@H](O)[C@H]2OC)[C@H](O)[C@@H]1OC. The topological polar surface area (TPSA) is 185 Å². The summed E-state index contributed by atoms with van der Waals surface area (Å²) in [7, 11) is 4.46. The quantitative estimate of drug-likeness (QED) is 0.141. The van der Waals surface area contributed by atoms with Gasteiger partial charge in [-0.25, -0.2) is 4.79 Å². The molecule has 0 spiro atoms. The minimum atomic E-state index is -1.33. The Kier molecular flexibility index (Phi) is 22.0. The molecule has 12 nitrogen and oxygen atoms in total. The molecule has 0 amide bonds.